The number of carbonyl (C=O) groups excluding carboxylic acids is 2. The van der Waals surface area contributed by atoms with Crippen molar-refractivity contribution in [1.29, 1.82) is 0 Å². The van der Waals surface area contributed by atoms with Crippen LogP contribution in [0.15, 0.2) is 0 Å². The number of rotatable bonds is 5. The molecule has 0 aromatic heterocycles. The monoisotopic (exact) mass is 274 g/mol. The van der Waals surface area contributed by atoms with Crippen molar-refractivity contribution >= 4 is 11.9 Å². The van der Waals surface area contributed by atoms with E-state index in [9.17, 15) is 14.7 Å². The predicted molar refractivity (Wildman–Crippen MR) is 67.2 cm³/mol. The zero-order valence-electron chi connectivity index (χ0n) is 11.4. The number of likely N-dealkylation sites (N-methyl/N-ethyl adjacent to an activating group) is 1. The van der Waals surface area contributed by atoms with E-state index in [-0.39, 0.29) is 13.2 Å². The molecule has 0 aromatic carbocycles. The lowest BCUT2D eigenvalue weighted by molar-refractivity contribution is -0.152. The van der Waals surface area contributed by atoms with E-state index in [2.05, 4.69) is 0 Å². The molecule has 1 aliphatic rings. The lowest BCUT2D eigenvalue weighted by Gasteiger charge is -2.35. The first-order chi connectivity index (χ1) is 8.89. The van der Waals surface area contributed by atoms with Crippen LogP contribution in [0.2, 0.25) is 0 Å². The van der Waals surface area contributed by atoms with Gasteiger partial charge in [0.25, 0.3) is 5.91 Å². The van der Waals surface area contributed by atoms with Gasteiger partial charge in [-0.15, -0.1) is 0 Å². The molecular formula is C12H22N2O5. The quantitative estimate of drug-likeness (QED) is 0.486. The van der Waals surface area contributed by atoms with Crippen LogP contribution >= 0.6 is 0 Å². The number of aliphatic hydroxyl groups is 1. The maximum atomic E-state index is 11.9. The summed E-state index contributed by atoms with van der Waals surface area (Å²) in [7, 11) is 1.51. The largest absolute Gasteiger partial charge is 0.464 e. The number of esters is 1. The minimum atomic E-state index is -1.34. The molecule has 0 bridgehead atoms. The van der Waals surface area contributed by atoms with E-state index in [1.165, 1.54) is 11.9 Å². The van der Waals surface area contributed by atoms with Crippen LogP contribution in [-0.4, -0.2) is 66.9 Å². The van der Waals surface area contributed by atoms with Gasteiger partial charge < -0.3 is 25.2 Å². The van der Waals surface area contributed by atoms with Crippen LogP contribution in [0.25, 0.3) is 0 Å². The molecule has 1 heterocycles. The first kappa shape index (κ1) is 15.9. The van der Waals surface area contributed by atoms with Crippen LogP contribution in [0.1, 0.15) is 19.8 Å². The van der Waals surface area contributed by atoms with Gasteiger partial charge >= 0.3 is 5.97 Å². The van der Waals surface area contributed by atoms with Crippen LogP contribution < -0.4 is 5.73 Å². The lowest BCUT2D eigenvalue weighted by atomic mass is 9.94. The van der Waals surface area contributed by atoms with Gasteiger partial charge in [-0.2, -0.15) is 0 Å². The summed E-state index contributed by atoms with van der Waals surface area (Å²) >= 11 is 0. The molecule has 7 nitrogen and oxygen atoms in total. The van der Waals surface area contributed by atoms with Gasteiger partial charge in [0.05, 0.1) is 12.2 Å². The van der Waals surface area contributed by atoms with E-state index in [1.54, 1.807) is 6.92 Å². The molecule has 0 aromatic rings. The minimum Gasteiger partial charge on any atom is -0.464 e. The van der Waals surface area contributed by atoms with Gasteiger partial charge in [0.15, 0.2) is 6.04 Å². The Morgan fingerprint density at radius 2 is 2.05 bits per heavy atom. The van der Waals surface area contributed by atoms with Gasteiger partial charge in [0.2, 0.25) is 0 Å². The van der Waals surface area contributed by atoms with E-state index in [4.69, 9.17) is 15.2 Å². The predicted octanol–water partition coefficient (Wildman–Crippen LogP) is -1.12. The van der Waals surface area contributed by atoms with E-state index in [0.717, 1.165) is 0 Å². The van der Waals surface area contributed by atoms with Crippen molar-refractivity contribution in [3.63, 3.8) is 0 Å². The first-order valence-corrected chi connectivity index (χ1v) is 6.37. The fourth-order valence-electron chi connectivity index (χ4n) is 2.00. The van der Waals surface area contributed by atoms with Crippen molar-refractivity contribution in [2.24, 2.45) is 5.73 Å². The summed E-state index contributed by atoms with van der Waals surface area (Å²) in [5, 5.41) is 10.3. The summed E-state index contributed by atoms with van der Waals surface area (Å²) in [4.78, 5) is 24.6. The molecule has 1 saturated heterocycles. The van der Waals surface area contributed by atoms with E-state index >= 15 is 0 Å². The maximum Gasteiger partial charge on any atom is 0.332 e. The van der Waals surface area contributed by atoms with Crippen molar-refractivity contribution in [3.05, 3.63) is 0 Å². The Morgan fingerprint density at radius 3 is 2.58 bits per heavy atom. The highest BCUT2D eigenvalue weighted by molar-refractivity contribution is 6.01. The molecular weight excluding hydrogens is 252 g/mol. The van der Waals surface area contributed by atoms with Crippen molar-refractivity contribution in [3.8, 4) is 0 Å². The number of hydrogen-bond acceptors (Lipinski definition) is 6. The number of nitrogens with zero attached hydrogens (tertiary/aromatic N) is 1. The SMILES string of the molecule is CCOC(=O)C(N)C(=O)N(C)CC1(O)CCOCC1. The van der Waals surface area contributed by atoms with Gasteiger partial charge in [0.1, 0.15) is 0 Å². The van der Waals surface area contributed by atoms with Crippen molar-refractivity contribution in [2.75, 3.05) is 33.4 Å². The standard InChI is InChI=1S/C12H22N2O5/c1-3-19-11(16)9(13)10(15)14(2)8-12(17)4-6-18-7-5-12/h9,17H,3-8,13H2,1-2H3. The van der Waals surface area contributed by atoms with Crippen molar-refractivity contribution < 1.29 is 24.2 Å². The minimum absolute atomic E-state index is 0.127. The summed E-state index contributed by atoms with van der Waals surface area (Å²) in [6, 6.07) is -1.34. The Hall–Kier alpha value is -1.18. The lowest BCUT2D eigenvalue weighted by Crippen LogP contribution is -2.53. The number of ether oxygens (including phenoxy) is 2. The molecule has 3 N–H and O–H groups in total. The van der Waals surface area contributed by atoms with Crippen molar-refractivity contribution in [1.82, 2.24) is 4.90 Å². The normalized spacial score (nSPS) is 19.6. The number of nitrogens with two attached hydrogens (primary N) is 1. The Balaban J connectivity index is 2.54. The van der Waals surface area contributed by atoms with Crippen LogP contribution in [0.5, 0.6) is 0 Å². The molecule has 1 atom stereocenters. The molecule has 110 valence electrons. The smallest absolute Gasteiger partial charge is 0.332 e. The Bertz CT molecular complexity index is 328. The summed E-state index contributed by atoms with van der Waals surface area (Å²) in [6.07, 6.45) is 0.915. The Morgan fingerprint density at radius 1 is 1.47 bits per heavy atom. The van der Waals surface area contributed by atoms with E-state index in [0.29, 0.717) is 26.1 Å². The highest BCUT2D eigenvalue weighted by atomic mass is 16.5. The fraction of sp³-hybridized carbons (Fsp3) is 0.833. The van der Waals surface area contributed by atoms with Crippen molar-refractivity contribution in [2.45, 2.75) is 31.4 Å². The van der Waals surface area contributed by atoms with Gasteiger partial charge in [0, 0.05) is 39.6 Å². The van der Waals surface area contributed by atoms with E-state index in [1.807, 2.05) is 0 Å². The summed E-state index contributed by atoms with van der Waals surface area (Å²) in [6.45, 7) is 2.86. The molecule has 1 rings (SSSR count). The van der Waals surface area contributed by atoms with Gasteiger partial charge in [-0.3, -0.25) is 4.79 Å². The van der Waals surface area contributed by atoms with Crippen LogP contribution in [0.4, 0.5) is 0 Å². The van der Waals surface area contributed by atoms with Crippen LogP contribution in [-0.2, 0) is 19.1 Å². The molecule has 0 radical (unpaired) electrons. The third-order valence-electron chi connectivity index (χ3n) is 3.14. The molecule has 1 amide bonds. The highest BCUT2D eigenvalue weighted by Gasteiger charge is 2.35. The third-order valence-corrected chi connectivity index (χ3v) is 3.14. The van der Waals surface area contributed by atoms with Crippen LogP contribution in [0, 0.1) is 0 Å². The average Bonchev–Trinajstić information content (AvgIpc) is 2.37. The number of hydrogen-bond donors (Lipinski definition) is 2. The number of carbonyl (C=O) groups is 2. The Labute approximate surface area is 112 Å². The summed E-state index contributed by atoms with van der Waals surface area (Å²) < 4.78 is 9.86. The summed E-state index contributed by atoms with van der Waals surface area (Å²) in [5.41, 5.74) is 4.55. The van der Waals surface area contributed by atoms with Gasteiger partial charge in [-0.25, -0.2) is 4.79 Å². The molecule has 19 heavy (non-hydrogen) atoms. The molecule has 1 unspecified atom stereocenters. The highest BCUT2D eigenvalue weighted by Crippen LogP contribution is 2.21. The second-order valence-electron chi connectivity index (χ2n) is 4.76. The molecule has 0 aliphatic carbocycles. The number of amides is 1. The zero-order chi connectivity index (χ0) is 14.5. The molecule has 7 heteroatoms. The van der Waals surface area contributed by atoms with E-state index < -0.39 is 23.5 Å². The Kier molecular flexibility index (Phi) is 5.71. The summed E-state index contributed by atoms with van der Waals surface area (Å²) in [5.74, 6) is -1.31. The molecule has 0 spiro atoms. The third kappa shape index (κ3) is 4.45. The fourth-order valence-corrected chi connectivity index (χ4v) is 2.00. The topological polar surface area (TPSA) is 102 Å². The molecule has 1 aliphatic heterocycles. The maximum absolute atomic E-state index is 11.9. The van der Waals surface area contributed by atoms with Gasteiger partial charge in [-0.05, 0) is 6.92 Å². The van der Waals surface area contributed by atoms with Gasteiger partial charge in [-0.1, -0.05) is 0 Å². The second kappa shape index (κ2) is 6.83. The zero-order valence-corrected chi connectivity index (χ0v) is 11.4. The molecule has 1 fully saturated rings. The first-order valence-electron chi connectivity index (χ1n) is 6.37. The van der Waals surface area contributed by atoms with Crippen LogP contribution in [0.3, 0.4) is 0 Å². The molecule has 0 saturated carbocycles. The average molecular weight is 274 g/mol. The second-order valence-corrected chi connectivity index (χ2v) is 4.76.